The number of aryl methyl sites for hydroxylation is 1. The van der Waals surface area contributed by atoms with E-state index in [1.54, 1.807) is 12.3 Å². The zero-order valence-corrected chi connectivity index (χ0v) is 9.35. The Balaban J connectivity index is 2.89. The second-order valence-electron chi connectivity index (χ2n) is 2.91. The van der Waals surface area contributed by atoms with Crippen LogP contribution >= 0.6 is 27.5 Å². The molecular formula is C10H7BrClN. The number of aromatic nitrogens is 1. The molecule has 1 aromatic carbocycles. The van der Waals surface area contributed by atoms with Crippen molar-refractivity contribution in [3.05, 3.63) is 39.5 Å². The van der Waals surface area contributed by atoms with Gasteiger partial charge in [-0.15, -0.1) is 0 Å². The summed E-state index contributed by atoms with van der Waals surface area (Å²) in [4.78, 5) is 4.24. The molecule has 0 saturated heterocycles. The predicted octanol–water partition coefficient (Wildman–Crippen LogP) is 3.96. The number of halogens is 2. The maximum atomic E-state index is 6.02. The van der Waals surface area contributed by atoms with E-state index in [4.69, 9.17) is 11.6 Å². The molecule has 0 bridgehead atoms. The summed E-state index contributed by atoms with van der Waals surface area (Å²) >= 11 is 9.48. The van der Waals surface area contributed by atoms with E-state index in [-0.39, 0.29) is 0 Å². The Morgan fingerprint density at radius 3 is 2.92 bits per heavy atom. The van der Waals surface area contributed by atoms with Gasteiger partial charge in [0.2, 0.25) is 0 Å². The molecular weight excluding hydrogens is 249 g/mol. The summed E-state index contributed by atoms with van der Waals surface area (Å²) in [6.45, 7) is 2.03. The normalized spacial score (nSPS) is 10.7. The fourth-order valence-corrected chi connectivity index (χ4v) is 1.79. The molecule has 0 N–H and O–H groups in total. The van der Waals surface area contributed by atoms with Gasteiger partial charge in [-0.1, -0.05) is 27.5 Å². The SMILES string of the molecule is Cc1cc2nccc(Cl)c2cc1Br. The molecule has 1 heterocycles. The molecule has 66 valence electrons. The summed E-state index contributed by atoms with van der Waals surface area (Å²) in [6, 6.07) is 5.82. The first-order valence-corrected chi connectivity index (χ1v) is 5.06. The molecule has 0 amide bonds. The molecule has 0 fully saturated rings. The maximum Gasteiger partial charge on any atom is 0.0720 e. The molecule has 0 aliphatic carbocycles. The van der Waals surface area contributed by atoms with Gasteiger partial charge in [0.05, 0.1) is 10.5 Å². The van der Waals surface area contributed by atoms with Crippen molar-refractivity contribution in [1.29, 1.82) is 0 Å². The first-order chi connectivity index (χ1) is 6.18. The lowest BCUT2D eigenvalue weighted by molar-refractivity contribution is 1.37. The van der Waals surface area contributed by atoms with E-state index >= 15 is 0 Å². The number of pyridine rings is 1. The van der Waals surface area contributed by atoms with E-state index in [2.05, 4.69) is 20.9 Å². The van der Waals surface area contributed by atoms with Crippen molar-refractivity contribution in [2.24, 2.45) is 0 Å². The minimum Gasteiger partial charge on any atom is -0.256 e. The van der Waals surface area contributed by atoms with Gasteiger partial charge in [-0.25, -0.2) is 0 Å². The van der Waals surface area contributed by atoms with Crippen LogP contribution in [0.4, 0.5) is 0 Å². The summed E-state index contributed by atoms with van der Waals surface area (Å²) in [6.07, 6.45) is 1.72. The third-order valence-corrected chi connectivity index (χ3v) is 3.15. The molecule has 1 nitrogen and oxygen atoms in total. The van der Waals surface area contributed by atoms with Crippen LogP contribution in [0.5, 0.6) is 0 Å². The average molecular weight is 257 g/mol. The highest BCUT2D eigenvalue weighted by Gasteiger charge is 2.02. The molecule has 0 radical (unpaired) electrons. The van der Waals surface area contributed by atoms with Crippen LogP contribution in [-0.2, 0) is 0 Å². The molecule has 2 rings (SSSR count). The average Bonchev–Trinajstić information content (AvgIpc) is 2.09. The molecule has 0 saturated carbocycles. The van der Waals surface area contributed by atoms with Gasteiger partial charge in [0.15, 0.2) is 0 Å². The summed E-state index contributed by atoms with van der Waals surface area (Å²) in [5.41, 5.74) is 2.11. The lowest BCUT2D eigenvalue weighted by Gasteiger charge is -2.02. The van der Waals surface area contributed by atoms with Gasteiger partial charge in [0.1, 0.15) is 0 Å². The Morgan fingerprint density at radius 1 is 1.38 bits per heavy atom. The van der Waals surface area contributed by atoms with Crippen molar-refractivity contribution < 1.29 is 0 Å². The fraction of sp³-hybridized carbons (Fsp3) is 0.100. The topological polar surface area (TPSA) is 12.9 Å². The molecule has 0 unspecified atom stereocenters. The Kier molecular flexibility index (Phi) is 2.26. The molecule has 13 heavy (non-hydrogen) atoms. The Morgan fingerprint density at radius 2 is 2.15 bits per heavy atom. The van der Waals surface area contributed by atoms with E-state index in [0.29, 0.717) is 0 Å². The largest absolute Gasteiger partial charge is 0.256 e. The molecule has 1 aromatic heterocycles. The van der Waals surface area contributed by atoms with Crippen LogP contribution in [0, 0.1) is 6.92 Å². The van der Waals surface area contributed by atoms with E-state index in [1.165, 1.54) is 5.56 Å². The quantitative estimate of drug-likeness (QED) is 0.695. The lowest BCUT2D eigenvalue weighted by atomic mass is 10.1. The van der Waals surface area contributed by atoms with Crippen molar-refractivity contribution >= 4 is 38.4 Å². The minimum absolute atomic E-state index is 0.741. The second kappa shape index (κ2) is 3.28. The lowest BCUT2D eigenvalue weighted by Crippen LogP contribution is -1.82. The van der Waals surface area contributed by atoms with E-state index in [1.807, 2.05) is 19.1 Å². The van der Waals surface area contributed by atoms with E-state index in [0.717, 1.165) is 20.4 Å². The van der Waals surface area contributed by atoms with Gasteiger partial charge in [-0.05, 0) is 30.7 Å². The zero-order valence-electron chi connectivity index (χ0n) is 7.01. The van der Waals surface area contributed by atoms with Crippen molar-refractivity contribution in [2.45, 2.75) is 6.92 Å². The van der Waals surface area contributed by atoms with Crippen molar-refractivity contribution in [3.8, 4) is 0 Å². The first kappa shape index (κ1) is 8.97. The summed E-state index contributed by atoms with van der Waals surface area (Å²) in [7, 11) is 0. The van der Waals surface area contributed by atoms with Gasteiger partial charge in [-0.3, -0.25) is 4.98 Å². The van der Waals surface area contributed by atoms with Crippen molar-refractivity contribution in [1.82, 2.24) is 4.98 Å². The smallest absolute Gasteiger partial charge is 0.0720 e. The van der Waals surface area contributed by atoms with Gasteiger partial charge in [0, 0.05) is 16.1 Å². The van der Waals surface area contributed by atoms with E-state index in [9.17, 15) is 0 Å². The van der Waals surface area contributed by atoms with Crippen LogP contribution in [0.15, 0.2) is 28.9 Å². The highest BCUT2D eigenvalue weighted by molar-refractivity contribution is 9.10. The Hall–Kier alpha value is -0.600. The number of fused-ring (bicyclic) bond motifs is 1. The fourth-order valence-electron chi connectivity index (χ4n) is 1.24. The number of hydrogen-bond donors (Lipinski definition) is 0. The van der Waals surface area contributed by atoms with Crippen molar-refractivity contribution in [2.75, 3.05) is 0 Å². The zero-order chi connectivity index (χ0) is 9.42. The Bertz CT molecular complexity index is 468. The van der Waals surface area contributed by atoms with E-state index < -0.39 is 0 Å². The highest BCUT2D eigenvalue weighted by atomic mass is 79.9. The molecule has 0 spiro atoms. The van der Waals surface area contributed by atoms with Gasteiger partial charge in [0.25, 0.3) is 0 Å². The molecule has 3 heteroatoms. The third-order valence-electron chi connectivity index (χ3n) is 1.97. The predicted molar refractivity (Wildman–Crippen MR) is 59.2 cm³/mol. The van der Waals surface area contributed by atoms with Gasteiger partial charge >= 0.3 is 0 Å². The monoisotopic (exact) mass is 255 g/mol. The number of nitrogens with zero attached hydrogens (tertiary/aromatic N) is 1. The summed E-state index contributed by atoms with van der Waals surface area (Å²) in [5, 5.41) is 1.73. The first-order valence-electron chi connectivity index (χ1n) is 3.89. The summed E-state index contributed by atoms with van der Waals surface area (Å²) in [5.74, 6) is 0. The van der Waals surface area contributed by atoms with Gasteiger partial charge in [-0.2, -0.15) is 0 Å². The number of benzene rings is 1. The maximum absolute atomic E-state index is 6.02. The molecule has 2 aromatic rings. The van der Waals surface area contributed by atoms with Crippen molar-refractivity contribution in [3.63, 3.8) is 0 Å². The number of hydrogen-bond acceptors (Lipinski definition) is 1. The van der Waals surface area contributed by atoms with Crippen LogP contribution in [-0.4, -0.2) is 4.98 Å². The highest BCUT2D eigenvalue weighted by Crippen LogP contribution is 2.27. The van der Waals surface area contributed by atoms with Gasteiger partial charge < -0.3 is 0 Å². The minimum atomic E-state index is 0.741. The number of rotatable bonds is 0. The second-order valence-corrected chi connectivity index (χ2v) is 4.17. The van der Waals surface area contributed by atoms with Crippen LogP contribution in [0.1, 0.15) is 5.56 Å². The standard InChI is InChI=1S/C10H7BrClN/c1-6-4-10-7(5-8(6)11)9(12)2-3-13-10/h2-5H,1H3. The Labute approximate surface area is 89.9 Å². The molecule has 0 atom stereocenters. The van der Waals surface area contributed by atoms with Crippen LogP contribution in [0.2, 0.25) is 5.02 Å². The summed E-state index contributed by atoms with van der Waals surface area (Å²) < 4.78 is 1.06. The molecule has 0 aliphatic heterocycles. The van der Waals surface area contributed by atoms with Crippen LogP contribution in [0.25, 0.3) is 10.9 Å². The van der Waals surface area contributed by atoms with Crippen LogP contribution < -0.4 is 0 Å². The third kappa shape index (κ3) is 1.56. The molecule has 0 aliphatic rings. The van der Waals surface area contributed by atoms with Crippen LogP contribution in [0.3, 0.4) is 0 Å².